The van der Waals surface area contributed by atoms with Crippen LogP contribution < -0.4 is 0 Å². The van der Waals surface area contributed by atoms with Crippen LogP contribution in [0, 0.1) is 17.7 Å². The minimum atomic E-state index is -3.04. The minimum absolute atomic E-state index is 0.251. The summed E-state index contributed by atoms with van der Waals surface area (Å²) in [5, 5.41) is 10.4. The fourth-order valence-corrected chi connectivity index (χ4v) is 5.95. The van der Waals surface area contributed by atoms with E-state index in [-0.39, 0.29) is 5.82 Å². The molecule has 0 aliphatic heterocycles. The fraction of sp³-hybridized carbons (Fsp3) is 0.619. The monoisotopic (exact) mass is 424 g/mol. The second-order valence-corrected chi connectivity index (χ2v) is 12.7. The first-order valence-electron chi connectivity index (χ1n) is 9.94. The van der Waals surface area contributed by atoms with Crippen LogP contribution in [0.15, 0.2) is 24.3 Å². The number of hydrogen-bond donors (Lipinski definition) is 0. The van der Waals surface area contributed by atoms with Gasteiger partial charge in [-0.1, -0.05) is 24.2 Å². The van der Waals surface area contributed by atoms with Gasteiger partial charge in [0.2, 0.25) is 0 Å². The van der Waals surface area contributed by atoms with E-state index in [9.17, 15) is 12.8 Å². The number of aryl methyl sites for hydroxylation is 1. The summed E-state index contributed by atoms with van der Waals surface area (Å²) >= 11 is 1.57. The Balaban J connectivity index is 1.47. The SMILES string of the molecule is CC(C)(C)S(=O)(=O)CC1CCC(CCc2nnc(-c3ccc(F)cc3)s2)CC1. The van der Waals surface area contributed by atoms with Crippen molar-refractivity contribution < 1.29 is 12.8 Å². The third-order valence-corrected chi connectivity index (χ3v) is 9.49. The van der Waals surface area contributed by atoms with E-state index in [1.807, 2.05) is 0 Å². The molecule has 1 fully saturated rings. The maximum Gasteiger partial charge on any atom is 0.155 e. The predicted octanol–water partition coefficient (Wildman–Crippen LogP) is 5.30. The summed E-state index contributed by atoms with van der Waals surface area (Å²) in [5.74, 6) is 0.999. The molecule has 1 aromatic carbocycles. The molecule has 1 heterocycles. The topological polar surface area (TPSA) is 59.9 Å². The standard InChI is InChI=1S/C21H29FN2O2S2/c1-21(2,3)28(25,26)14-16-6-4-15(5-7-16)8-13-19-23-24-20(27-19)17-9-11-18(22)12-10-17/h9-12,15-16H,4-8,13-14H2,1-3H3. The van der Waals surface area contributed by atoms with Gasteiger partial charge in [-0.15, -0.1) is 10.2 Å². The highest BCUT2D eigenvalue weighted by atomic mass is 32.2. The molecule has 2 aromatic rings. The Morgan fingerprint density at radius 2 is 1.64 bits per heavy atom. The molecule has 0 saturated heterocycles. The molecule has 0 spiro atoms. The van der Waals surface area contributed by atoms with Crippen molar-refractivity contribution in [1.82, 2.24) is 10.2 Å². The highest BCUT2D eigenvalue weighted by Gasteiger charge is 2.33. The lowest BCUT2D eigenvalue weighted by molar-refractivity contribution is 0.278. The number of aromatic nitrogens is 2. The highest BCUT2D eigenvalue weighted by Crippen LogP contribution is 2.34. The largest absolute Gasteiger partial charge is 0.228 e. The Morgan fingerprint density at radius 1 is 1.04 bits per heavy atom. The summed E-state index contributed by atoms with van der Waals surface area (Å²) in [7, 11) is -3.04. The van der Waals surface area contributed by atoms with Crippen molar-refractivity contribution in [2.75, 3.05) is 5.75 Å². The van der Waals surface area contributed by atoms with Gasteiger partial charge in [-0.3, -0.25) is 0 Å². The van der Waals surface area contributed by atoms with Crippen LogP contribution in [0.1, 0.15) is 57.9 Å². The van der Waals surface area contributed by atoms with E-state index in [0.717, 1.165) is 54.1 Å². The van der Waals surface area contributed by atoms with Gasteiger partial charge in [-0.05, 0) is 76.1 Å². The number of rotatable bonds is 6. The molecule has 0 amide bonds. The molecular formula is C21H29FN2O2S2. The summed E-state index contributed by atoms with van der Waals surface area (Å²) in [6.45, 7) is 5.36. The molecular weight excluding hydrogens is 395 g/mol. The van der Waals surface area contributed by atoms with Crippen LogP contribution in [0.25, 0.3) is 10.6 Å². The van der Waals surface area contributed by atoms with Gasteiger partial charge in [0.25, 0.3) is 0 Å². The van der Waals surface area contributed by atoms with Gasteiger partial charge in [0, 0.05) is 12.0 Å². The van der Waals surface area contributed by atoms with Crippen molar-refractivity contribution in [3.63, 3.8) is 0 Å². The zero-order chi connectivity index (χ0) is 20.4. The second-order valence-electron chi connectivity index (χ2n) is 8.83. The maximum absolute atomic E-state index is 13.0. The molecule has 28 heavy (non-hydrogen) atoms. The lowest BCUT2D eigenvalue weighted by Crippen LogP contribution is -2.34. The van der Waals surface area contributed by atoms with Crippen molar-refractivity contribution in [3.05, 3.63) is 35.1 Å². The van der Waals surface area contributed by atoms with Crippen LogP contribution in [0.5, 0.6) is 0 Å². The highest BCUT2D eigenvalue weighted by molar-refractivity contribution is 7.92. The summed E-state index contributed by atoms with van der Waals surface area (Å²) in [5.41, 5.74) is 0.894. The second kappa shape index (κ2) is 8.57. The Hall–Kier alpha value is -1.34. The summed E-state index contributed by atoms with van der Waals surface area (Å²) in [6.07, 6.45) is 6.14. The molecule has 0 radical (unpaired) electrons. The van der Waals surface area contributed by atoms with Crippen molar-refractivity contribution in [3.8, 4) is 10.6 Å². The van der Waals surface area contributed by atoms with E-state index in [2.05, 4.69) is 10.2 Å². The van der Waals surface area contributed by atoms with Crippen molar-refractivity contribution >= 4 is 21.2 Å². The van der Waals surface area contributed by atoms with Crippen molar-refractivity contribution in [2.24, 2.45) is 11.8 Å². The first kappa shape index (κ1) is 21.4. The number of halogens is 1. The lowest BCUT2D eigenvalue weighted by Gasteiger charge is -2.30. The average molecular weight is 425 g/mol. The van der Waals surface area contributed by atoms with Crippen molar-refractivity contribution in [2.45, 2.75) is 64.0 Å². The van der Waals surface area contributed by atoms with Crippen LogP contribution in [-0.4, -0.2) is 29.1 Å². The summed E-state index contributed by atoms with van der Waals surface area (Å²) < 4.78 is 37.2. The third-order valence-electron chi connectivity index (χ3n) is 5.68. The number of hydrogen-bond acceptors (Lipinski definition) is 5. The Kier molecular flexibility index (Phi) is 6.54. The zero-order valence-corrected chi connectivity index (χ0v) is 18.5. The van der Waals surface area contributed by atoms with Gasteiger partial charge in [0.15, 0.2) is 9.84 Å². The Labute approximate surface area is 171 Å². The van der Waals surface area contributed by atoms with Gasteiger partial charge in [0.05, 0.1) is 10.5 Å². The molecule has 3 rings (SSSR count). The first-order valence-corrected chi connectivity index (χ1v) is 12.4. The molecule has 1 aliphatic carbocycles. The van der Waals surface area contributed by atoms with E-state index in [1.165, 1.54) is 12.1 Å². The van der Waals surface area contributed by atoms with E-state index >= 15 is 0 Å². The van der Waals surface area contributed by atoms with Crippen LogP contribution in [0.4, 0.5) is 4.39 Å². The number of nitrogens with zero attached hydrogens (tertiary/aromatic N) is 2. The summed E-state index contributed by atoms with van der Waals surface area (Å²) in [4.78, 5) is 0. The van der Waals surface area contributed by atoms with Gasteiger partial charge in [-0.25, -0.2) is 12.8 Å². The predicted molar refractivity (Wildman–Crippen MR) is 113 cm³/mol. The van der Waals surface area contributed by atoms with Crippen LogP contribution in [0.2, 0.25) is 0 Å². The Bertz CT molecular complexity index is 878. The van der Waals surface area contributed by atoms with E-state index in [0.29, 0.717) is 17.6 Å². The van der Waals surface area contributed by atoms with Crippen molar-refractivity contribution in [1.29, 1.82) is 0 Å². The molecule has 1 aliphatic rings. The molecule has 0 bridgehead atoms. The maximum atomic E-state index is 13.0. The Morgan fingerprint density at radius 3 is 2.25 bits per heavy atom. The fourth-order valence-electron chi connectivity index (χ4n) is 3.64. The van der Waals surface area contributed by atoms with E-state index < -0.39 is 14.6 Å². The first-order chi connectivity index (χ1) is 13.1. The zero-order valence-electron chi connectivity index (χ0n) is 16.8. The molecule has 0 N–H and O–H groups in total. The van der Waals surface area contributed by atoms with E-state index in [4.69, 9.17) is 0 Å². The van der Waals surface area contributed by atoms with Crippen LogP contribution in [-0.2, 0) is 16.3 Å². The molecule has 0 atom stereocenters. The minimum Gasteiger partial charge on any atom is -0.228 e. The average Bonchev–Trinajstić information content (AvgIpc) is 3.09. The quantitative estimate of drug-likeness (QED) is 0.632. The van der Waals surface area contributed by atoms with Gasteiger partial charge in [0.1, 0.15) is 15.8 Å². The van der Waals surface area contributed by atoms with Crippen LogP contribution in [0.3, 0.4) is 0 Å². The molecule has 4 nitrogen and oxygen atoms in total. The van der Waals surface area contributed by atoms with Gasteiger partial charge >= 0.3 is 0 Å². The van der Waals surface area contributed by atoms with Gasteiger partial charge in [-0.2, -0.15) is 0 Å². The molecule has 1 aromatic heterocycles. The molecule has 1 saturated carbocycles. The molecule has 154 valence electrons. The van der Waals surface area contributed by atoms with Gasteiger partial charge < -0.3 is 0 Å². The van der Waals surface area contributed by atoms with Crippen LogP contribution >= 0.6 is 11.3 Å². The number of sulfone groups is 1. The smallest absolute Gasteiger partial charge is 0.155 e. The third kappa shape index (κ3) is 5.38. The lowest BCUT2D eigenvalue weighted by atomic mass is 9.81. The number of benzene rings is 1. The summed E-state index contributed by atoms with van der Waals surface area (Å²) in [6, 6.07) is 6.34. The van der Waals surface area contributed by atoms with E-state index in [1.54, 1.807) is 44.2 Å². The normalized spacial score (nSPS) is 21.0. The molecule has 7 heteroatoms. The molecule has 0 unspecified atom stereocenters.